The maximum atomic E-state index is 12.4. The van der Waals surface area contributed by atoms with Gasteiger partial charge in [0.05, 0.1) is 22.2 Å². The van der Waals surface area contributed by atoms with Gasteiger partial charge in [0.1, 0.15) is 6.54 Å². The van der Waals surface area contributed by atoms with Crippen LogP contribution in [0.15, 0.2) is 47.4 Å². The van der Waals surface area contributed by atoms with E-state index < -0.39 is 29.5 Å². The average molecular weight is 490 g/mol. The lowest BCUT2D eigenvalue weighted by atomic mass is 10.2. The minimum atomic E-state index is -0.780. The number of nitrogens with one attached hydrogen (secondary N) is 1. The fraction of sp³-hybridized carbons (Fsp3) is 0.182. The summed E-state index contributed by atoms with van der Waals surface area (Å²) in [5.74, 6) is -1.10. The van der Waals surface area contributed by atoms with E-state index in [2.05, 4.69) is 5.32 Å². The number of nitrogens with zero attached hydrogens (tertiary/aromatic N) is 1. The Bertz CT molecular complexity index is 1140. The first-order valence-electron chi connectivity index (χ1n) is 9.76. The summed E-state index contributed by atoms with van der Waals surface area (Å²) in [5.41, 5.74) is 6.12. The predicted octanol–water partition coefficient (Wildman–Crippen LogP) is 3.28. The Morgan fingerprint density at radius 2 is 1.91 bits per heavy atom. The van der Waals surface area contributed by atoms with Gasteiger partial charge in [-0.1, -0.05) is 29.8 Å². The van der Waals surface area contributed by atoms with Gasteiger partial charge in [-0.2, -0.15) is 0 Å². The average Bonchev–Trinajstić information content (AvgIpc) is 3.02. The van der Waals surface area contributed by atoms with E-state index in [4.69, 9.17) is 26.8 Å². The van der Waals surface area contributed by atoms with Gasteiger partial charge in [0.15, 0.2) is 18.1 Å². The summed E-state index contributed by atoms with van der Waals surface area (Å²) in [7, 11) is 0. The molecule has 0 unspecified atom stereocenters. The minimum Gasteiger partial charge on any atom is -0.490 e. The van der Waals surface area contributed by atoms with Gasteiger partial charge in [-0.25, -0.2) is 0 Å². The fourth-order valence-electron chi connectivity index (χ4n) is 2.84. The number of hydrogen-bond donors (Lipinski definition) is 2. The molecule has 0 saturated carbocycles. The Labute approximate surface area is 198 Å². The first kappa shape index (κ1) is 24.1. The molecule has 0 aliphatic carbocycles. The van der Waals surface area contributed by atoms with Crippen LogP contribution in [0.2, 0.25) is 5.02 Å². The van der Waals surface area contributed by atoms with E-state index >= 15 is 0 Å². The van der Waals surface area contributed by atoms with Crippen molar-refractivity contribution in [1.29, 1.82) is 0 Å². The van der Waals surface area contributed by atoms with E-state index in [1.165, 1.54) is 6.08 Å². The molecule has 4 amide bonds. The lowest BCUT2D eigenvalue weighted by molar-refractivity contribution is -0.127. The van der Waals surface area contributed by atoms with Gasteiger partial charge in [-0.15, -0.1) is 0 Å². The van der Waals surface area contributed by atoms with Crippen LogP contribution >= 0.6 is 23.4 Å². The fourth-order valence-corrected chi connectivity index (χ4v) is 3.86. The maximum absolute atomic E-state index is 12.4. The highest BCUT2D eigenvalue weighted by Gasteiger charge is 2.35. The normalized spacial score (nSPS) is 14.5. The summed E-state index contributed by atoms with van der Waals surface area (Å²) in [6, 6.07) is 11.7. The highest BCUT2D eigenvalue weighted by molar-refractivity contribution is 8.18. The number of halogens is 1. The van der Waals surface area contributed by atoms with E-state index in [1.807, 2.05) is 0 Å². The number of carbonyl (C=O) groups excluding carboxylic acids is 4. The first-order chi connectivity index (χ1) is 15.8. The van der Waals surface area contributed by atoms with Crippen molar-refractivity contribution in [2.45, 2.75) is 6.92 Å². The van der Waals surface area contributed by atoms with E-state index in [0.29, 0.717) is 46.1 Å². The molecule has 1 aliphatic rings. The third-order valence-electron chi connectivity index (χ3n) is 4.26. The van der Waals surface area contributed by atoms with Gasteiger partial charge in [-0.05, 0) is 54.6 Å². The van der Waals surface area contributed by atoms with Crippen LogP contribution in [-0.4, -0.2) is 47.6 Å². The van der Waals surface area contributed by atoms with Crippen LogP contribution in [-0.2, 0) is 14.4 Å². The molecule has 0 radical (unpaired) electrons. The Kier molecular flexibility index (Phi) is 7.96. The number of primary amides is 1. The molecular weight excluding hydrogens is 470 g/mol. The number of benzene rings is 2. The van der Waals surface area contributed by atoms with Crippen LogP contribution in [0.5, 0.6) is 11.5 Å². The SMILES string of the molecule is CCOc1cc(/C=C2\SC(=O)N(CC(N)=O)C2=O)ccc1OCC(=O)Nc1ccccc1Cl. The summed E-state index contributed by atoms with van der Waals surface area (Å²) in [5, 5.41) is 2.50. The third-order valence-corrected chi connectivity index (χ3v) is 5.50. The van der Waals surface area contributed by atoms with Crippen LogP contribution in [0.25, 0.3) is 6.08 Å². The molecule has 0 atom stereocenters. The number of ether oxygens (including phenoxy) is 2. The zero-order valence-electron chi connectivity index (χ0n) is 17.5. The van der Waals surface area contributed by atoms with E-state index in [0.717, 1.165) is 4.90 Å². The molecule has 2 aromatic rings. The molecule has 9 nitrogen and oxygen atoms in total. The standard InChI is InChI=1S/C22H20ClN3O6S/c1-2-31-17-9-13(10-18-21(29)26(11-19(24)27)22(30)33-18)7-8-16(17)32-12-20(28)25-15-6-4-3-5-14(15)23/h3-10H,2,11-12H2,1H3,(H2,24,27)(H,25,28)/b18-10-. The minimum absolute atomic E-state index is 0.150. The number of thioether (sulfide) groups is 1. The van der Waals surface area contributed by atoms with Crippen molar-refractivity contribution in [3.8, 4) is 11.5 Å². The quantitative estimate of drug-likeness (QED) is 0.517. The van der Waals surface area contributed by atoms with Crippen LogP contribution in [0.4, 0.5) is 10.5 Å². The summed E-state index contributed by atoms with van der Waals surface area (Å²) in [6.45, 7) is 1.36. The largest absolute Gasteiger partial charge is 0.490 e. The number of carbonyl (C=O) groups is 4. The second-order valence-corrected chi connectivity index (χ2v) is 8.09. The smallest absolute Gasteiger partial charge is 0.294 e. The summed E-state index contributed by atoms with van der Waals surface area (Å²) in [4.78, 5) is 48.6. The predicted molar refractivity (Wildman–Crippen MR) is 125 cm³/mol. The van der Waals surface area contributed by atoms with Gasteiger partial charge < -0.3 is 20.5 Å². The van der Waals surface area contributed by atoms with E-state index in [1.54, 1.807) is 49.4 Å². The monoisotopic (exact) mass is 489 g/mol. The van der Waals surface area contributed by atoms with Crippen molar-refractivity contribution in [2.75, 3.05) is 25.1 Å². The number of rotatable bonds is 9. The molecule has 1 aliphatic heterocycles. The molecule has 11 heteroatoms. The number of imide groups is 1. The first-order valence-corrected chi connectivity index (χ1v) is 11.0. The Morgan fingerprint density at radius 3 is 2.61 bits per heavy atom. The molecule has 1 fully saturated rings. The van der Waals surface area contributed by atoms with Gasteiger partial charge in [-0.3, -0.25) is 24.1 Å². The van der Waals surface area contributed by atoms with Crippen molar-refractivity contribution in [1.82, 2.24) is 4.90 Å². The Balaban J connectivity index is 1.71. The molecule has 3 N–H and O–H groups in total. The maximum Gasteiger partial charge on any atom is 0.294 e. The molecule has 33 heavy (non-hydrogen) atoms. The van der Waals surface area contributed by atoms with Crippen LogP contribution in [0.1, 0.15) is 12.5 Å². The zero-order valence-corrected chi connectivity index (χ0v) is 19.1. The Hall–Kier alpha value is -3.50. The number of amides is 4. The molecular formula is C22H20ClN3O6S. The summed E-state index contributed by atoms with van der Waals surface area (Å²) < 4.78 is 11.2. The molecule has 3 rings (SSSR count). The highest BCUT2D eigenvalue weighted by Crippen LogP contribution is 2.34. The molecule has 2 aromatic carbocycles. The number of hydrogen-bond acceptors (Lipinski definition) is 7. The zero-order chi connectivity index (χ0) is 24.0. The Morgan fingerprint density at radius 1 is 1.15 bits per heavy atom. The second-order valence-electron chi connectivity index (χ2n) is 6.69. The van der Waals surface area contributed by atoms with Crippen LogP contribution in [0, 0.1) is 0 Å². The number of para-hydroxylation sites is 1. The second kappa shape index (κ2) is 10.9. The van der Waals surface area contributed by atoms with Gasteiger partial charge in [0.2, 0.25) is 5.91 Å². The molecule has 0 aromatic heterocycles. The molecule has 1 saturated heterocycles. The van der Waals surface area contributed by atoms with Crippen LogP contribution < -0.4 is 20.5 Å². The van der Waals surface area contributed by atoms with Crippen molar-refractivity contribution < 1.29 is 28.7 Å². The molecule has 0 spiro atoms. The summed E-state index contributed by atoms with van der Waals surface area (Å²) >= 11 is 6.75. The highest BCUT2D eigenvalue weighted by atomic mass is 35.5. The van der Waals surface area contributed by atoms with E-state index in [-0.39, 0.29) is 11.5 Å². The molecule has 1 heterocycles. The number of anilines is 1. The lowest BCUT2D eigenvalue weighted by Gasteiger charge is -2.13. The van der Waals surface area contributed by atoms with Crippen molar-refractivity contribution >= 4 is 58.1 Å². The van der Waals surface area contributed by atoms with Crippen molar-refractivity contribution in [3.63, 3.8) is 0 Å². The van der Waals surface area contributed by atoms with Gasteiger partial charge in [0.25, 0.3) is 17.1 Å². The summed E-state index contributed by atoms with van der Waals surface area (Å²) in [6.07, 6.45) is 1.50. The van der Waals surface area contributed by atoms with Crippen molar-refractivity contribution in [3.05, 3.63) is 58.0 Å². The lowest BCUT2D eigenvalue weighted by Crippen LogP contribution is -2.36. The van der Waals surface area contributed by atoms with E-state index in [9.17, 15) is 19.2 Å². The number of nitrogens with two attached hydrogens (primary N) is 1. The van der Waals surface area contributed by atoms with Gasteiger partial charge >= 0.3 is 0 Å². The van der Waals surface area contributed by atoms with Gasteiger partial charge in [0, 0.05) is 0 Å². The molecule has 172 valence electrons. The third kappa shape index (κ3) is 6.27. The van der Waals surface area contributed by atoms with Crippen molar-refractivity contribution in [2.24, 2.45) is 5.73 Å². The topological polar surface area (TPSA) is 128 Å². The molecule has 0 bridgehead atoms. The van der Waals surface area contributed by atoms with Crippen LogP contribution in [0.3, 0.4) is 0 Å².